The third kappa shape index (κ3) is 6.33. The second-order valence-corrected chi connectivity index (χ2v) is 16.4. The van der Waals surface area contributed by atoms with Crippen LogP contribution in [0.3, 0.4) is 0 Å². The first-order chi connectivity index (χ1) is 32.6. The van der Waals surface area contributed by atoms with Crippen molar-refractivity contribution in [3.63, 3.8) is 0 Å². The van der Waals surface area contributed by atoms with E-state index in [0.717, 1.165) is 94.5 Å². The Balaban J connectivity index is 1.23. The van der Waals surface area contributed by atoms with Gasteiger partial charge in [0.25, 0.3) is 0 Å². The zero-order chi connectivity index (χ0) is 44.1. The van der Waals surface area contributed by atoms with Gasteiger partial charge in [-0.1, -0.05) is 158 Å². The van der Waals surface area contributed by atoms with Crippen molar-refractivity contribution in [2.75, 3.05) is 0 Å². The van der Waals surface area contributed by atoms with E-state index in [-0.39, 0.29) is 0 Å². The van der Waals surface area contributed by atoms with Gasteiger partial charge in [0.1, 0.15) is 0 Å². The molecule has 0 amide bonds. The average Bonchev–Trinajstić information content (AvgIpc) is 3.92. The van der Waals surface area contributed by atoms with E-state index in [1.54, 1.807) is 0 Å². The number of nitrogens with zero attached hydrogens (tertiary/aromatic N) is 6. The molecule has 0 aliphatic carbocycles. The van der Waals surface area contributed by atoms with Crippen LogP contribution < -0.4 is 0 Å². The Morgan fingerprint density at radius 2 is 0.985 bits per heavy atom. The van der Waals surface area contributed by atoms with Gasteiger partial charge in [0.05, 0.1) is 57.3 Å². The molecule has 66 heavy (non-hydrogen) atoms. The highest BCUT2D eigenvalue weighted by atomic mass is 15.0. The first kappa shape index (κ1) is 38.3. The summed E-state index contributed by atoms with van der Waals surface area (Å²) in [6.07, 6.45) is 0. The van der Waals surface area contributed by atoms with Gasteiger partial charge in [-0.05, 0) is 71.8 Å². The average molecular weight is 841 g/mol. The first-order valence-electron chi connectivity index (χ1n) is 21.8. The zero-order valence-corrected chi connectivity index (χ0v) is 35.5. The Morgan fingerprint density at radius 3 is 1.62 bits per heavy atom. The lowest BCUT2D eigenvalue weighted by Gasteiger charge is -2.21. The fourth-order valence-corrected chi connectivity index (χ4v) is 9.57. The van der Waals surface area contributed by atoms with Crippen LogP contribution in [0.2, 0.25) is 0 Å². The molecule has 9 aromatic carbocycles. The third-order valence-electron chi connectivity index (χ3n) is 12.6. The van der Waals surface area contributed by atoms with Crippen LogP contribution in [-0.4, -0.2) is 19.1 Å². The van der Waals surface area contributed by atoms with Crippen molar-refractivity contribution in [3.05, 3.63) is 235 Å². The zero-order valence-electron chi connectivity index (χ0n) is 35.5. The molecule has 0 unspecified atom stereocenters. The predicted molar refractivity (Wildman–Crippen MR) is 269 cm³/mol. The summed E-state index contributed by atoms with van der Waals surface area (Å²) in [6, 6.07) is 77.4. The number of hydrogen-bond acceptors (Lipinski definition) is 3. The molecule has 0 aliphatic heterocycles. The van der Waals surface area contributed by atoms with Crippen molar-refractivity contribution in [3.8, 4) is 73.6 Å². The molecule has 0 radical (unpaired) electrons. The van der Waals surface area contributed by atoms with Crippen molar-refractivity contribution >= 4 is 49.3 Å². The molecule has 0 fully saturated rings. The number of benzene rings is 9. The molecule has 12 aromatic rings. The van der Waals surface area contributed by atoms with Crippen LogP contribution in [-0.2, 0) is 0 Å². The molecule has 12 rings (SSSR count). The summed E-state index contributed by atoms with van der Waals surface area (Å²) in [5.41, 5.74) is 15.7. The third-order valence-corrected chi connectivity index (χ3v) is 12.6. The smallest absolute Gasteiger partial charge is 0.187 e. The first-order valence-corrected chi connectivity index (χ1v) is 21.8. The number of nitriles is 1. The maximum absolute atomic E-state index is 9.96. The highest BCUT2D eigenvalue weighted by Gasteiger charge is 2.25. The molecule has 0 atom stereocenters. The largest absolute Gasteiger partial charge is 0.309 e. The summed E-state index contributed by atoms with van der Waals surface area (Å²) in [6.45, 7) is 7.83. The predicted octanol–water partition coefficient (Wildman–Crippen LogP) is 15.4. The summed E-state index contributed by atoms with van der Waals surface area (Å²) >= 11 is 0. The summed E-state index contributed by atoms with van der Waals surface area (Å²) in [4.78, 5) is 14.2. The molecule has 306 valence electrons. The Morgan fingerprint density at radius 1 is 0.439 bits per heavy atom. The summed E-state index contributed by atoms with van der Waals surface area (Å²) < 4.78 is 4.82. The van der Waals surface area contributed by atoms with Crippen LogP contribution in [0.25, 0.3) is 116 Å². The van der Waals surface area contributed by atoms with E-state index >= 15 is 0 Å². The van der Waals surface area contributed by atoms with E-state index in [1.807, 2.05) is 97.1 Å². The molecule has 0 saturated heterocycles. The molecule has 3 aromatic heterocycles. The molecule has 0 bridgehead atoms. The SMILES string of the molecule is [C-]#[N+]c1ccc(-c2cc(-c3cc(-c4ccccc4)nc(-c4ccccc4)n3)cc(-c3ccc(C#N)cc3)c2-n2c3ccccc3c3c2ccc2c4ccccc4n(-c4ccccc4)c23)cc1. The van der Waals surface area contributed by atoms with E-state index in [2.05, 4.69) is 141 Å². The van der Waals surface area contributed by atoms with Gasteiger partial charge >= 0.3 is 0 Å². The number of para-hydroxylation sites is 3. The molecule has 6 heteroatoms. The highest BCUT2D eigenvalue weighted by Crippen LogP contribution is 2.47. The number of fused-ring (bicyclic) bond motifs is 7. The van der Waals surface area contributed by atoms with Crippen molar-refractivity contribution in [1.82, 2.24) is 19.1 Å². The van der Waals surface area contributed by atoms with Crippen molar-refractivity contribution < 1.29 is 0 Å². The van der Waals surface area contributed by atoms with Crippen LogP contribution in [0.4, 0.5) is 5.69 Å². The lowest BCUT2D eigenvalue weighted by molar-refractivity contribution is 1.17. The lowest BCUT2D eigenvalue weighted by Crippen LogP contribution is -2.03. The van der Waals surface area contributed by atoms with Gasteiger partial charge in [0, 0.05) is 55.0 Å². The Kier molecular flexibility index (Phi) is 9.16. The molecule has 0 saturated carbocycles. The van der Waals surface area contributed by atoms with E-state index < -0.39 is 0 Å². The fourth-order valence-electron chi connectivity index (χ4n) is 9.57. The minimum absolute atomic E-state index is 0.563. The van der Waals surface area contributed by atoms with Crippen molar-refractivity contribution in [2.24, 2.45) is 0 Å². The normalized spacial score (nSPS) is 11.3. The minimum atomic E-state index is 0.563. The molecular weight excluding hydrogens is 805 g/mol. The molecule has 0 spiro atoms. The molecule has 0 aliphatic rings. The van der Waals surface area contributed by atoms with Crippen molar-refractivity contribution in [1.29, 1.82) is 5.26 Å². The fraction of sp³-hybridized carbons (Fsp3) is 0. The van der Waals surface area contributed by atoms with Crippen molar-refractivity contribution in [2.45, 2.75) is 0 Å². The van der Waals surface area contributed by atoms with E-state index in [4.69, 9.17) is 16.5 Å². The Labute approximate surface area is 381 Å². The van der Waals surface area contributed by atoms with E-state index in [1.165, 1.54) is 10.8 Å². The molecule has 6 nitrogen and oxygen atoms in total. The summed E-state index contributed by atoms with van der Waals surface area (Å²) in [5, 5.41) is 14.6. The summed E-state index contributed by atoms with van der Waals surface area (Å²) in [7, 11) is 0. The maximum atomic E-state index is 9.96. The molecular formula is C60H36N6. The molecule has 0 N–H and O–H groups in total. The monoisotopic (exact) mass is 840 g/mol. The standard InChI is InChI=1S/C60H36N6/c1-62-45-31-29-41(30-32-45)51-36-44(53-37-52(42-15-5-2-6-16-42)63-60(64-53)43-17-7-3-8-18-43)35-50(40-27-25-39(38-61)26-28-40)58(51)66-55-24-14-12-22-49(55)57-56(66)34-33-48-47-21-11-13-23-54(47)65(59(48)57)46-19-9-4-10-20-46/h2-37H. The highest BCUT2D eigenvalue weighted by molar-refractivity contribution is 6.26. The number of rotatable bonds is 7. The van der Waals surface area contributed by atoms with Crippen LogP contribution >= 0.6 is 0 Å². The number of aromatic nitrogens is 4. The maximum Gasteiger partial charge on any atom is 0.187 e. The van der Waals surface area contributed by atoms with Gasteiger partial charge in [-0.3, -0.25) is 0 Å². The van der Waals surface area contributed by atoms with Crippen LogP contribution in [0.1, 0.15) is 5.56 Å². The van der Waals surface area contributed by atoms with Gasteiger partial charge in [-0.2, -0.15) is 5.26 Å². The Hall–Kier alpha value is -9.36. The second-order valence-electron chi connectivity index (χ2n) is 16.4. The lowest BCUT2D eigenvalue weighted by atomic mass is 9.91. The second kappa shape index (κ2) is 15.8. The molecule has 3 heterocycles. The number of hydrogen-bond donors (Lipinski definition) is 0. The van der Waals surface area contributed by atoms with Gasteiger partial charge in [-0.15, -0.1) is 0 Å². The van der Waals surface area contributed by atoms with E-state index in [9.17, 15) is 5.26 Å². The van der Waals surface area contributed by atoms with Gasteiger partial charge in [-0.25, -0.2) is 14.8 Å². The quantitative estimate of drug-likeness (QED) is 0.150. The van der Waals surface area contributed by atoms with Crippen LogP contribution in [0, 0.1) is 17.9 Å². The van der Waals surface area contributed by atoms with Gasteiger partial charge < -0.3 is 9.13 Å². The topological polar surface area (TPSA) is 63.8 Å². The van der Waals surface area contributed by atoms with E-state index in [0.29, 0.717) is 17.1 Å². The van der Waals surface area contributed by atoms with Gasteiger partial charge in [0.2, 0.25) is 0 Å². The Bertz CT molecular complexity index is 3770. The summed E-state index contributed by atoms with van der Waals surface area (Å²) in [5.74, 6) is 0.624. The van der Waals surface area contributed by atoms with Gasteiger partial charge in [0.15, 0.2) is 11.5 Å². The minimum Gasteiger partial charge on any atom is -0.309 e. The van der Waals surface area contributed by atoms with Crippen LogP contribution in [0.5, 0.6) is 0 Å². The van der Waals surface area contributed by atoms with Crippen LogP contribution in [0.15, 0.2) is 218 Å².